The van der Waals surface area contributed by atoms with Crippen LogP contribution in [0.5, 0.6) is 0 Å². The molecule has 0 unspecified atom stereocenters. The first kappa shape index (κ1) is 17.5. The number of nitrogens with one attached hydrogen (secondary N) is 1. The Morgan fingerprint density at radius 3 is 2.43 bits per heavy atom. The molecule has 1 aliphatic rings. The van der Waals surface area contributed by atoms with Crippen molar-refractivity contribution in [2.24, 2.45) is 0 Å². The van der Waals surface area contributed by atoms with Crippen LogP contribution < -0.4 is 16.6 Å². The average Bonchev–Trinajstić information content (AvgIpc) is 3.23. The predicted molar refractivity (Wildman–Crippen MR) is 90.4 cm³/mol. The van der Waals surface area contributed by atoms with E-state index in [0.29, 0.717) is 0 Å². The number of fused-ring (bicyclic) bond motifs is 1. The Labute approximate surface area is 154 Å². The lowest BCUT2D eigenvalue weighted by molar-refractivity contribution is -0.137. The molecule has 8 nitrogen and oxygen atoms in total. The summed E-state index contributed by atoms with van der Waals surface area (Å²) in [5.74, 6) is -2.07. The van der Waals surface area contributed by atoms with E-state index < -0.39 is 34.9 Å². The molecule has 28 heavy (non-hydrogen) atoms. The van der Waals surface area contributed by atoms with Crippen molar-refractivity contribution in [3.63, 3.8) is 0 Å². The molecule has 3 heterocycles. The summed E-state index contributed by atoms with van der Waals surface area (Å²) in [6.45, 7) is 0. The van der Waals surface area contributed by atoms with E-state index in [1.165, 1.54) is 23.3 Å². The van der Waals surface area contributed by atoms with Gasteiger partial charge in [0.1, 0.15) is 5.82 Å². The fourth-order valence-electron chi connectivity index (χ4n) is 3.03. The van der Waals surface area contributed by atoms with Crippen molar-refractivity contribution in [3.8, 4) is 11.4 Å². The highest BCUT2D eigenvalue weighted by molar-refractivity contribution is 6.23. The number of rotatable bonds is 2. The summed E-state index contributed by atoms with van der Waals surface area (Å²) in [6, 6.07) is 3.62. The highest BCUT2D eigenvalue weighted by Gasteiger charge is 2.34. The fraction of sp³-hybridized carbons (Fsp3) is 0.0588. The summed E-state index contributed by atoms with van der Waals surface area (Å²) in [5.41, 5.74) is 3.54. The highest BCUT2D eigenvalue weighted by atomic mass is 19.4. The first-order valence-electron chi connectivity index (χ1n) is 7.79. The third kappa shape index (κ3) is 2.55. The lowest BCUT2D eigenvalue weighted by Crippen LogP contribution is -2.25. The Morgan fingerprint density at radius 2 is 1.79 bits per heavy atom. The van der Waals surface area contributed by atoms with Gasteiger partial charge in [0.15, 0.2) is 0 Å². The standard InChI is InChI=1S/C17H10F3N5O3/c18-17(19,20)8-1-2-10(24-4-3-22-7-24)11(5-8)25-12(26)6-9-13(14(25)21)16(28)23-15(9)27/h1-7H,21H2,(H,23,27,28). The van der Waals surface area contributed by atoms with Gasteiger partial charge < -0.3 is 10.3 Å². The number of hydrogen-bond donors (Lipinski definition) is 2. The van der Waals surface area contributed by atoms with Gasteiger partial charge in [0.05, 0.1) is 34.4 Å². The molecule has 0 atom stereocenters. The zero-order valence-electron chi connectivity index (χ0n) is 13.8. The summed E-state index contributed by atoms with van der Waals surface area (Å²) >= 11 is 0. The van der Waals surface area contributed by atoms with Crippen LogP contribution in [0.4, 0.5) is 19.0 Å². The van der Waals surface area contributed by atoms with Gasteiger partial charge >= 0.3 is 6.18 Å². The summed E-state index contributed by atoms with van der Waals surface area (Å²) in [6.07, 6.45) is -0.471. The van der Waals surface area contributed by atoms with Crippen molar-refractivity contribution in [2.45, 2.75) is 6.18 Å². The number of anilines is 1. The van der Waals surface area contributed by atoms with Crippen molar-refractivity contribution >= 4 is 17.6 Å². The Morgan fingerprint density at radius 1 is 1.04 bits per heavy atom. The summed E-state index contributed by atoms with van der Waals surface area (Å²) in [5, 5.41) is 2.00. The molecule has 2 amide bonds. The van der Waals surface area contributed by atoms with Crippen LogP contribution in [0.1, 0.15) is 26.3 Å². The summed E-state index contributed by atoms with van der Waals surface area (Å²) in [4.78, 5) is 40.2. The van der Waals surface area contributed by atoms with Gasteiger partial charge in [-0.2, -0.15) is 13.2 Å². The van der Waals surface area contributed by atoms with Crippen molar-refractivity contribution in [1.82, 2.24) is 19.4 Å². The Hall–Kier alpha value is -3.89. The molecule has 0 fully saturated rings. The first-order chi connectivity index (χ1) is 13.2. The highest BCUT2D eigenvalue weighted by Crippen LogP contribution is 2.34. The van der Waals surface area contributed by atoms with E-state index in [1.54, 1.807) is 0 Å². The monoisotopic (exact) mass is 389 g/mol. The number of carbonyl (C=O) groups excluding carboxylic acids is 2. The lowest BCUT2D eigenvalue weighted by atomic mass is 10.1. The van der Waals surface area contributed by atoms with Crippen molar-refractivity contribution in [2.75, 3.05) is 5.73 Å². The van der Waals surface area contributed by atoms with Gasteiger partial charge in [-0.15, -0.1) is 0 Å². The zero-order chi connectivity index (χ0) is 20.2. The molecule has 0 bridgehead atoms. The Bertz CT molecular complexity index is 1200. The third-order valence-electron chi connectivity index (χ3n) is 4.28. The van der Waals surface area contributed by atoms with Crippen molar-refractivity contribution in [3.05, 3.63) is 70.0 Å². The number of halogens is 3. The number of nitrogens with zero attached hydrogens (tertiary/aromatic N) is 3. The van der Waals surface area contributed by atoms with Crippen molar-refractivity contribution in [1.29, 1.82) is 0 Å². The Balaban J connectivity index is 2.07. The number of benzene rings is 1. The molecule has 3 aromatic rings. The van der Waals surface area contributed by atoms with Crippen LogP contribution in [0.15, 0.2) is 47.8 Å². The van der Waals surface area contributed by atoms with Gasteiger partial charge in [-0.25, -0.2) is 4.98 Å². The van der Waals surface area contributed by atoms with E-state index in [-0.39, 0.29) is 22.5 Å². The second-order valence-corrected chi connectivity index (χ2v) is 5.95. The molecule has 142 valence electrons. The number of aromatic nitrogens is 3. The maximum absolute atomic E-state index is 13.2. The fourth-order valence-corrected chi connectivity index (χ4v) is 3.03. The molecule has 4 rings (SSSR count). The predicted octanol–water partition coefficient (Wildman–Crippen LogP) is 1.51. The molecule has 1 aliphatic heterocycles. The van der Waals surface area contributed by atoms with E-state index in [9.17, 15) is 27.6 Å². The molecule has 3 N–H and O–H groups in total. The molecular weight excluding hydrogens is 379 g/mol. The minimum atomic E-state index is -4.68. The molecule has 0 saturated carbocycles. The van der Waals surface area contributed by atoms with Crippen LogP contribution in [0.2, 0.25) is 0 Å². The summed E-state index contributed by atoms with van der Waals surface area (Å²) in [7, 11) is 0. The number of imidazole rings is 1. The molecule has 0 aliphatic carbocycles. The molecule has 1 aromatic carbocycles. The van der Waals surface area contributed by atoms with E-state index in [1.807, 2.05) is 5.32 Å². The van der Waals surface area contributed by atoms with Crippen LogP contribution >= 0.6 is 0 Å². The lowest BCUT2D eigenvalue weighted by Gasteiger charge is -2.18. The zero-order valence-corrected chi connectivity index (χ0v) is 13.8. The van der Waals surface area contributed by atoms with Gasteiger partial charge in [0.25, 0.3) is 17.4 Å². The second kappa shape index (κ2) is 5.81. The van der Waals surface area contributed by atoms with Crippen LogP contribution in [0.3, 0.4) is 0 Å². The number of amides is 2. The Kier molecular flexibility index (Phi) is 3.63. The quantitative estimate of drug-likeness (QED) is 0.646. The van der Waals surface area contributed by atoms with Crippen LogP contribution in [-0.2, 0) is 6.18 Å². The molecule has 0 spiro atoms. The number of carbonyl (C=O) groups is 2. The minimum absolute atomic E-state index is 0.170. The minimum Gasteiger partial charge on any atom is -0.384 e. The van der Waals surface area contributed by atoms with Crippen LogP contribution in [0, 0.1) is 0 Å². The van der Waals surface area contributed by atoms with Crippen LogP contribution in [0.25, 0.3) is 11.4 Å². The van der Waals surface area contributed by atoms with E-state index in [0.717, 1.165) is 28.8 Å². The number of imide groups is 1. The second-order valence-electron chi connectivity index (χ2n) is 5.95. The number of alkyl halides is 3. The summed E-state index contributed by atoms with van der Waals surface area (Å²) < 4.78 is 41.9. The smallest absolute Gasteiger partial charge is 0.384 e. The molecular formula is C17H10F3N5O3. The SMILES string of the molecule is Nc1c2c(cc(=O)n1-c1cc(C(F)(F)F)ccc1-n1ccnc1)C(=O)NC2=O. The molecule has 0 saturated heterocycles. The number of pyridine rings is 1. The maximum Gasteiger partial charge on any atom is 0.416 e. The topological polar surface area (TPSA) is 112 Å². The van der Waals surface area contributed by atoms with Crippen molar-refractivity contribution < 1.29 is 22.8 Å². The van der Waals surface area contributed by atoms with Gasteiger partial charge in [-0.1, -0.05) is 0 Å². The van der Waals surface area contributed by atoms with Crippen LogP contribution in [-0.4, -0.2) is 25.9 Å². The largest absolute Gasteiger partial charge is 0.416 e. The maximum atomic E-state index is 13.2. The number of nitrogens with two attached hydrogens (primary N) is 1. The third-order valence-corrected chi connectivity index (χ3v) is 4.28. The average molecular weight is 389 g/mol. The number of nitrogen functional groups attached to an aromatic ring is 1. The molecule has 0 radical (unpaired) electrons. The van der Waals surface area contributed by atoms with Gasteiger partial charge in [-0.3, -0.25) is 24.3 Å². The first-order valence-corrected chi connectivity index (χ1v) is 7.79. The van der Waals surface area contributed by atoms with E-state index in [2.05, 4.69) is 4.98 Å². The van der Waals surface area contributed by atoms with E-state index >= 15 is 0 Å². The molecule has 11 heteroatoms. The van der Waals surface area contributed by atoms with Gasteiger partial charge in [0, 0.05) is 18.5 Å². The number of hydrogen-bond acceptors (Lipinski definition) is 5. The molecule has 2 aromatic heterocycles. The van der Waals surface area contributed by atoms with Gasteiger partial charge in [0.2, 0.25) is 0 Å². The normalized spacial score (nSPS) is 13.5. The van der Waals surface area contributed by atoms with Gasteiger partial charge in [-0.05, 0) is 18.2 Å². The van der Waals surface area contributed by atoms with E-state index in [4.69, 9.17) is 5.73 Å².